The van der Waals surface area contributed by atoms with Crippen LogP contribution in [0.25, 0.3) is 0 Å². The molecule has 0 bridgehead atoms. The molecular weight excluding hydrogens is 282 g/mol. The van der Waals surface area contributed by atoms with E-state index in [1.807, 2.05) is 6.07 Å². The molecule has 3 rings (SSSR count). The molecule has 2 N–H and O–H groups in total. The summed E-state index contributed by atoms with van der Waals surface area (Å²) in [6.45, 7) is 2.11. The molecule has 0 radical (unpaired) electrons. The fourth-order valence-corrected chi connectivity index (χ4v) is 2.81. The van der Waals surface area contributed by atoms with Gasteiger partial charge in [0.2, 0.25) is 0 Å². The summed E-state index contributed by atoms with van der Waals surface area (Å²) >= 11 is 0. The Balaban J connectivity index is 0.00000161. The number of ether oxygens (including phenoxy) is 1. The van der Waals surface area contributed by atoms with Crippen LogP contribution in [0.15, 0.2) is 48.5 Å². The third-order valence-corrected chi connectivity index (χ3v) is 3.94. The summed E-state index contributed by atoms with van der Waals surface area (Å²) in [7, 11) is 0. The maximum absolute atomic E-state index is 6.33. The molecule has 0 spiro atoms. The standard InChI is InChI=1S/C18H21NO.ClH/c1-13-11-16-12-15(8-10-18(16)20-13)17(19)9-7-14-5-3-2-4-6-14;/h2-6,8,10,12-13,17H,7,9,11,19H2,1H3;1H. The minimum Gasteiger partial charge on any atom is -0.490 e. The normalized spacial score (nSPS) is 17.5. The molecule has 2 aromatic rings. The predicted molar refractivity (Wildman–Crippen MR) is 89.2 cm³/mol. The van der Waals surface area contributed by atoms with Gasteiger partial charge in [0.05, 0.1) is 0 Å². The summed E-state index contributed by atoms with van der Waals surface area (Å²) in [6.07, 6.45) is 3.28. The maximum atomic E-state index is 6.33. The largest absolute Gasteiger partial charge is 0.490 e. The molecule has 2 atom stereocenters. The lowest BCUT2D eigenvalue weighted by Gasteiger charge is -2.13. The summed E-state index contributed by atoms with van der Waals surface area (Å²) in [5.41, 5.74) is 10.2. The van der Waals surface area contributed by atoms with Gasteiger partial charge in [-0.3, -0.25) is 0 Å². The van der Waals surface area contributed by atoms with Gasteiger partial charge < -0.3 is 10.5 Å². The van der Waals surface area contributed by atoms with Gasteiger partial charge in [-0.2, -0.15) is 0 Å². The Kier molecular flexibility index (Phi) is 5.27. The van der Waals surface area contributed by atoms with E-state index in [2.05, 4.69) is 49.4 Å². The predicted octanol–water partition coefficient (Wildman–Crippen LogP) is 4.06. The van der Waals surface area contributed by atoms with Crippen molar-refractivity contribution in [1.29, 1.82) is 0 Å². The zero-order valence-corrected chi connectivity index (χ0v) is 13.1. The van der Waals surface area contributed by atoms with E-state index in [0.717, 1.165) is 25.0 Å². The molecule has 0 aromatic heterocycles. The first-order valence-electron chi connectivity index (χ1n) is 7.31. The van der Waals surface area contributed by atoms with Crippen molar-refractivity contribution in [3.05, 3.63) is 65.2 Å². The first-order chi connectivity index (χ1) is 9.72. The number of hydrogen-bond donors (Lipinski definition) is 1. The molecule has 0 saturated carbocycles. The highest BCUT2D eigenvalue weighted by molar-refractivity contribution is 5.85. The Bertz CT molecular complexity index is 585. The van der Waals surface area contributed by atoms with Crippen molar-refractivity contribution >= 4 is 12.4 Å². The first kappa shape index (κ1) is 15.9. The monoisotopic (exact) mass is 303 g/mol. The average molecular weight is 304 g/mol. The van der Waals surface area contributed by atoms with Crippen molar-refractivity contribution in [3.8, 4) is 5.75 Å². The second kappa shape index (κ2) is 6.97. The van der Waals surface area contributed by atoms with Crippen LogP contribution >= 0.6 is 12.4 Å². The van der Waals surface area contributed by atoms with E-state index in [1.165, 1.54) is 16.7 Å². The summed E-state index contributed by atoms with van der Waals surface area (Å²) in [5.74, 6) is 1.02. The molecule has 1 heterocycles. The van der Waals surface area contributed by atoms with Gasteiger partial charge in [-0.25, -0.2) is 0 Å². The van der Waals surface area contributed by atoms with E-state index in [-0.39, 0.29) is 18.4 Å². The molecular formula is C18H22ClNO. The van der Waals surface area contributed by atoms with Crippen LogP contribution in [0.5, 0.6) is 5.75 Å². The van der Waals surface area contributed by atoms with Crippen LogP contribution in [0.1, 0.15) is 36.1 Å². The van der Waals surface area contributed by atoms with E-state index in [9.17, 15) is 0 Å². The van der Waals surface area contributed by atoms with Crippen molar-refractivity contribution in [2.75, 3.05) is 0 Å². The van der Waals surface area contributed by atoms with Crippen molar-refractivity contribution < 1.29 is 4.74 Å². The summed E-state index contributed by atoms with van der Waals surface area (Å²) in [6, 6.07) is 17.0. The van der Waals surface area contributed by atoms with Crippen LogP contribution in [-0.2, 0) is 12.8 Å². The molecule has 2 nitrogen and oxygen atoms in total. The summed E-state index contributed by atoms with van der Waals surface area (Å²) < 4.78 is 5.73. The number of rotatable bonds is 4. The number of nitrogens with two attached hydrogens (primary N) is 1. The van der Waals surface area contributed by atoms with Crippen molar-refractivity contribution in [1.82, 2.24) is 0 Å². The lowest BCUT2D eigenvalue weighted by Crippen LogP contribution is -2.11. The van der Waals surface area contributed by atoms with Gasteiger partial charge >= 0.3 is 0 Å². The van der Waals surface area contributed by atoms with Crippen molar-refractivity contribution in [2.45, 2.75) is 38.3 Å². The van der Waals surface area contributed by atoms with Crippen LogP contribution in [0.3, 0.4) is 0 Å². The Morgan fingerprint density at radius 3 is 2.71 bits per heavy atom. The van der Waals surface area contributed by atoms with Gasteiger partial charge in [0.25, 0.3) is 0 Å². The van der Waals surface area contributed by atoms with Crippen molar-refractivity contribution in [3.63, 3.8) is 0 Å². The van der Waals surface area contributed by atoms with Gasteiger partial charge in [0, 0.05) is 12.5 Å². The molecule has 2 unspecified atom stereocenters. The second-order valence-electron chi connectivity index (χ2n) is 5.63. The Morgan fingerprint density at radius 1 is 1.19 bits per heavy atom. The molecule has 0 amide bonds. The quantitative estimate of drug-likeness (QED) is 0.924. The number of aryl methyl sites for hydroxylation is 1. The molecule has 112 valence electrons. The summed E-state index contributed by atoms with van der Waals surface area (Å²) in [5, 5.41) is 0. The van der Waals surface area contributed by atoms with E-state index in [1.54, 1.807) is 0 Å². The van der Waals surface area contributed by atoms with Crippen LogP contribution < -0.4 is 10.5 Å². The Labute approximate surface area is 132 Å². The SMILES string of the molecule is CC1Cc2cc(C(N)CCc3ccccc3)ccc2O1.Cl. The molecule has 0 saturated heterocycles. The van der Waals surface area contributed by atoms with Crippen LogP contribution in [0.2, 0.25) is 0 Å². The average Bonchev–Trinajstić information content (AvgIpc) is 2.85. The smallest absolute Gasteiger partial charge is 0.123 e. The van der Waals surface area contributed by atoms with Crippen LogP contribution in [-0.4, -0.2) is 6.10 Å². The number of hydrogen-bond acceptors (Lipinski definition) is 2. The molecule has 0 aliphatic carbocycles. The second-order valence-corrected chi connectivity index (χ2v) is 5.63. The van der Waals surface area contributed by atoms with Gasteiger partial charge in [0.1, 0.15) is 11.9 Å². The maximum Gasteiger partial charge on any atom is 0.123 e. The molecule has 2 aromatic carbocycles. The minimum absolute atomic E-state index is 0. The van der Waals surface area contributed by atoms with E-state index in [4.69, 9.17) is 10.5 Å². The zero-order valence-electron chi connectivity index (χ0n) is 12.3. The molecule has 1 aliphatic rings. The fraction of sp³-hybridized carbons (Fsp3) is 0.333. The highest BCUT2D eigenvalue weighted by Crippen LogP contribution is 2.31. The lowest BCUT2D eigenvalue weighted by atomic mass is 9.97. The molecule has 0 fully saturated rings. The molecule has 3 heteroatoms. The van der Waals surface area contributed by atoms with E-state index >= 15 is 0 Å². The summed E-state index contributed by atoms with van der Waals surface area (Å²) in [4.78, 5) is 0. The van der Waals surface area contributed by atoms with Crippen molar-refractivity contribution in [2.24, 2.45) is 5.73 Å². The highest BCUT2D eigenvalue weighted by Gasteiger charge is 2.20. The number of benzene rings is 2. The number of halogens is 1. The minimum atomic E-state index is 0. The molecule has 1 aliphatic heterocycles. The van der Waals surface area contributed by atoms with Gasteiger partial charge in [0.15, 0.2) is 0 Å². The Hall–Kier alpha value is -1.51. The Morgan fingerprint density at radius 2 is 1.95 bits per heavy atom. The highest BCUT2D eigenvalue weighted by atomic mass is 35.5. The third kappa shape index (κ3) is 3.78. The molecule has 21 heavy (non-hydrogen) atoms. The lowest BCUT2D eigenvalue weighted by molar-refractivity contribution is 0.254. The van der Waals surface area contributed by atoms with Gasteiger partial charge in [-0.05, 0) is 42.5 Å². The topological polar surface area (TPSA) is 35.2 Å². The van der Waals surface area contributed by atoms with E-state index in [0.29, 0.717) is 6.10 Å². The van der Waals surface area contributed by atoms with Crippen LogP contribution in [0, 0.1) is 0 Å². The first-order valence-corrected chi connectivity index (χ1v) is 7.31. The van der Waals surface area contributed by atoms with Gasteiger partial charge in [-0.1, -0.05) is 42.5 Å². The zero-order chi connectivity index (χ0) is 13.9. The number of fused-ring (bicyclic) bond motifs is 1. The van der Waals surface area contributed by atoms with Gasteiger partial charge in [-0.15, -0.1) is 12.4 Å². The third-order valence-electron chi connectivity index (χ3n) is 3.94. The van der Waals surface area contributed by atoms with Crippen LogP contribution in [0.4, 0.5) is 0 Å². The van der Waals surface area contributed by atoms with E-state index < -0.39 is 0 Å². The fourth-order valence-electron chi connectivity index (χ4n) is 2.81.